The van der Waals surface area contributed by atoms with Crippen LogP contribution in [0.1, 0.15) is 168 Å². The van der Waals surface area contributed by atoms with Crippen LogP contribution in [0.4, 0.5) is 0 Å². The predicted octanol–water partition coefficient (Wildman–Crippen LogP) is 11.0. The maximum atomic E-state index is 6.50. The van der Waals surface area contributed by atoms with Crippen molar-refractivity contribution < 1.29 is 0 Å². The normalized spacial score (nSPS) is 12.5. The van der Waals surface area contributed by atoms with E-state index in [0.29, 0.717) is 5.38 Å². The fourth-order valence-corrected chi connectivity index (χ4v) is 4.51. The van der Waals surface area contributed by atoms with E-state index in [-0.39, 0.29) is 0 Å². The van der Waals surface area contributed by atoms with Crippen LogP contribution in [-0.2, 0) is 0 Å². The van der Waals surface area contributed by atoms with Gasteiger partial charge in [0.25, 0.3) is 0 Å². The summed E-state index contributed by atoms with van der Waals surface area (Å²) in [7, 11) is 0. The molecule has 0 N–H and O–H groups in total. The zero-order chi connectivity index (χ0) is 20.5. The lowest BCUT2D eigenvalue weighted by atomic mass is 10.0. The quantitative estimate of drug-likeness (QED) is 0.109. The number of rotatable bonds is 24. The molecule has 28 heavy (non-hydrogen) atoms. The summed E-state index contributed by atoms with van der Waals surface area (Å²) >= 11 is 6.50. The number of hydrogen-bond donors (Lipinski definition) is 0. The molecule has 1 unspecified atom stereocenters. The highest BCUT2D eigenvalue weighted by atomic mass is 35.5. The van der Waals surface area contributed by atoms with Crippen LogP contribution in [0.3, 0.4) is 0 Å². The van der Waals surface area contributed by atoms with Gasteiger partial charge in [0.15, 0.2) is 0 Å². The minimum absolute atomic E-state index is 0.442. The molecule has 0 saturated heterocycles. The molecular formula is C27H55Cl. The van der Waals surface area contributed by atoms with Crippen molar-refractivity contribution in [2.45, 2.75) is 173 Å². The van der Waals surface area contributed by atoms with Gasteiger partial charge < -0.3 is 0 Å². The van der Waals surface area contributed by atoms with Gasteiger partial charge in [0.05, 0.1) is 0 Å². The summed E-state index contributed by atoms with van der Waals surface area (Å²) in [5.74, 6) is 0. The van der Waals surface area contributed by atoms with Crippen molar-refractivity contribution in [1.82, 2.24) is 0 Å². The average Bonchev–Trinajstić information content (AvgIpc) is 2.70. The predicted molar refractivity (Wildman–Crippen MR) is 132 cm³/mol. The first kappa shape index (κ1) is 28.3. The van der Waals surface area contributed by atoms with E-state index in [1.54, 1.807) is 0 Å². The van der Waals surface area contributed by atoms with E-state index in [1.807, 2.05) is 0 Å². The highest BCUT2D eigenvalue weighted by molar-refractivity contribution is 6.20. The van der Waals surface area contributed by atoms with Gasteiger partial charge in [0.1, 0.15) is 0 Å². The molecule has 170 valence electrons. The Morgan fingerprint density at radius 1 is 0.357 bits per heavy atom. The van der Waals surface area contributed by atoms with Crippen molar-refractivity contribution in [3.63, 3.8) is 0 Å². The number of unbranched alkanes of at least 4 members (excludes halogenated alkanes) is 20. The summed E-state index contributed by atoms with van der Waals surface area (Å²) in [6, 6.07) is 0. The van der Waals surface area contributed by atoms with Crippen LogP contribution in [0.5, 0.6) is 0 Å². The molecule has 0 fully saturated rings. The van der Waals surface area contributed by atoms with Crippen molar-refractivity contribution in [2.24, 2.45) is 0 Å². The Labute approximate surface area is 185 Å². The molecule has 0 aliphatic carbocycles. The Kier molecular flexibility index (Phi) is 25.6. The third-order valence-corrected chi connectivity index (χ3v) is 6.68. The third-order valence-electron chi connectivity index (χ3n) is 6.24. The topological polar surface area (TPSA) is 0 Å². The van der Waals surface area contributed by atoms with E-state index >= 15 is 0 Å². The van der Waals surface area contributed by atoms with Crippen molar-refractivity contribution >= 4 is 11.6 Å². The lowest BCUT2D eigenvalue weighted by Crippen LogP contribution is -1.98. The Bertz CT molecular complexity index is 263. The number of alkyl halides is 1. The van der Waals surface area contributed by atoms with Crippen LogP contribution < -0.4 is 0 Å². The van der Waals surface area contributed by atoms with Gasteiger partial charge in [-0.2, -0.15) is 0 Å². The zero-order valence-electron chi connectivity index (χ0n) is 19.9. The molecule has 0 aliphatic rings. The first-order valence-corrected chi connectivity index (χ1v) is 13.9. The lowest BCUT2D eigenvalue weighted by Gasteiger charge is -2.09. The van der Waals surface area contributed by atoms with Gasteiger partial charge in [-0.25, -0.2) is 0 Å². The van der Waals surface area contributed by atoms with E-state index in [2.05, 4.69) is 13.8 Å². The maximum Gasteiger partial charge on any atom is 0.0336 e. The first-order valence-electron chi connectivity index (χ1n) is 13.4. The van der Waals surface area contributed by atoms with Crippen molar-refractivity contribution in [3.05, 3.63) is 0 Å². The summed E-state index contributed by atoms with van der Waals surface area (Å²) in [5, 5.41) is 0.442. The van der Waals surface area contributed by atoms with Crippen LogP contribution in [0, 0.1) is 0 Å². The smallest absolute Gasteiger partial charge is 0.0336 e. The Morgan fingerprint density at radius 2 is 0.571 bits per heavy atom. The third kappa shape index (κ3) is 24.3. The molecule has 0 heterocycles. The lowest BCUT2D eigenvalue weighted by molar-refractivity contribution is 0.519. The van der Waals surface area contributed by atoms with Crippen molar-refractivity contribution in [2.75, 3.05) is 0 Å². The van der Waals surface area contributed by atoms with Gasteiger partial charge in [-0.15, -0.1) is 11.6 Å². The van der Waals surface area contributed by atoms with Gasteiger partial charge in [0.2, 0.25) is 0 Å². The summed E-state index contributed by atoms with van der Waals surface area (Å²) in [4.78, 5) is 0. The Morgan fingerprint density at radius 3 is 0.821 bits per heavy atom. The van der Waals surface area contributed by atoms with Crippen LogP contribution >= 0.6 is 11.6 Å². The summed E-state index contributed by atoms with van der Waals surface area (Å²) in [5.41, 5.74) is 0. The minimum Gasteiger partial charge on any atom is -0.123 e. The number of halogens is 1. The summed E-state index contributed by atoms with van der Waals surface area (Å²) < 4.78 is 0. The first-order chi connectivity index (χ1) is 13.8. The summed E-state index contributed by atoms with van der Waals surface area (Å²) in [6.45, 7) is 4.59. The average molecular weight is 415 g/mol. The molecule has 1 atom stereocenters. The van der Waals surface area contributed by atoms with E-state index < -0.39 is 0 Å². The highest BCUT2D eigenvalue weighted by Gasteiger charge is 2.04. The molecule has 0 spiro atoms. The second kappa shape index (κ2) is 25.3. The Balaban J connectivity index is 3.10. The molecular weight excluding hydrogens is 360 g/mol. The minimum atomic E-state index is 0.442. The second-order valence-electron chi connectivity index (χ2n) is 9.25. The van der Waals surface area contributed by atoms with E-state index in [4.69, 9.17) is 11.6 Å². The maximum absolute atomic E-state index is 6.50. The van der Waals surface area contributed by atoms with Gasteiger partial charge in [-0.05, 0) is 12.8 Å². The van der Waals surface area contributed by atoms with Crippen molar-refractivity contribution in [1.29, 1.82) is 0 Å². The molecule has 0 aromatic carbocycles. The van der Waals surface area contributed by atoms with Gasteiger partial charge >= 0.3 is 0 Å². The molecule has 0 aromatic rings. The molecule has 1 heteroatoms. The molecule has 0 saturated carbocycles. The molecule has 0 aromatic heterocycles. The highest BCUT2D eigenvalue weighted by Crippen LogP contribution is 2.18. The van der Waals surface area contributed by atoms with E-state index in [0.717, 1.165) is 0 Å². The van der Waals surface area contributed by atoms with Crippen LogP contribution in [0.25, 0.3) is 0 Å². The largest absolute Gasteiger partial charge is 0.123 e. The SMILES string of the molecule is CCCCCCCCCCCCCCCCCC(Cl)CCCCCCCCC. The monoisotopic (exact) mass is 414 g/mol. The molecule has 0 nitrogen and oxygen atoms in total. The second-order valence-corrected chi connectivity index (χ2v) is 9.86. The van der Waals surface area contributed by atoms with Crippen LogP contribution in [0.15, 0.2) is 0 Å². The zero-order valence-corrected chi connectivity index (χ0v) is 20.7. The molecule has 0 aliphatic heterocycles. The molecule has 0 rings (SSSR count). The Hall–Kier alpha value is 0.290. The summed E-state index contributed by atoms with van der Waals surface area (Å²) in [6.07, 6.45) is 33.9. The molecule has 0 bridgehead atoms. The molecule has 0 radical (unpaired) electrons. The van der Waals surface area contributed by atoms with Gasteiger partial charge in [-0.3, -0.25) is 0 Å². The van der Waals surface area contributed by atoms with Gasteiger partial charge in [0, 0.05) is 5.38 Å². The van der Waals surface area contributed by atoms with Crippen molar-refractivity contribution in [3.8, 4) is 0 Å². The standard InChI is InChI=1S/C27H55Cl/c1-3-5-7-9-11-12-13-14-15-16-17-18-20-22-24-26-27(28)25-23-21-19-10-8-6-4-2/h27H,3-26H2,1-2H3. The van der Waals surface area contributed by atoms with E-state index in [1.165, 1.54) is 154 Å². The fourth-order valence-electron chi connectivity index (χ4n) is 4.20. The number of hydrogen-bond acceptors (Lipinski definition) is 0. The molecule has 0 amide bonds. The van der Waals surface area contributed by atoms with Crippen LogP contribution in [-0.4, -0.2) is 5.38 Å². The fraction of sp³-hybridized carbons (Fsp3) is 1.00. The van der Waals surface area contributed by atoms with Gasteiger partial charge in [-0.1, -0.05) is 155 Å². The van der Waals surface area contributed by atoms with Crippen LogP contribution in [0.2, 0.25) is 0 Å². The van der Waals surface area contributed by atoms with E-state index in [9.17, 15) is 0 Å².